The molecule has 1 N–H and O–H groups in total. The SMILES string of the molecule is C(=NNCCCc1ccccc1)c1ccccc1. The van der Waals surface area contributed by atoms with Gasteiger partial charge in [-0.2, -0.15) is 5.10 Å². The second kappa shape index (κ2) is 7.28. The fourth-order valence-corrected chi connectivity index (χ4v) is 1.74. The third-order valence-corrected chi connectivity index (χ3v) is 2.70. The minimum atomic E-state index is 0.901. The van der Waals surface area contributed by atoms with E-state index in [1.54, 1.807) is 0 Å². The van der Waals surface area contributed by atoms with E-state index in [0.717, 1.165) is 24.9 Å². The molecule has 0 fully saturated rings. The first kappa shape index (κ1) is 12.4. The summed E-state index contributed by atoms with van der Waals surface area (Å²) in [6.07, 6.45) is 4.04. The third kappa shape index (κ3) is 4.42. The highest BCUT2D eigenvalue weighted by molar-refractivity contribution is 5.79. The van der Waals surface area contributed by atoms with E-state index in [1.807, 2.05) is 42.6 Å². The average Bonchev–Trinajstić information content (AvgIpc) is 2.45. The van der Waals surface area contributed by atoms with Gasteiger partial charge in [-0.05, 0) is 24.0 Å². The monoisotopic (exact) mass is 238 g/mol. The Morgan fingerprint density at radius 2 is 1.56 bits per heavy atom. The van der Waals surface area contributed by atoms with Crippen LogP contribution in [0, 0.1) is 0 Å². The largest absolute Gasteiger partial charge is 0.310 e. The van der Waals surface area contributed by atoms with Gasteiger partial charge < -0.3 is 5.43 Å². The molecule has 2 heteroatoms. The number of hydrogen-bond acceptors (Lipinski definition) is 2. The fourth-order valence-electron chi connectivity index (χ4n) is 1.74. The first-order valence-electron chi connectivity index (χ1n) is 6.30. The lowest BCUT2D eigenvalue weighted by atomic mass is 10.1. The van der Waals surface area contributed by atoms with Crippen LogP contribution in [-0.2, 0) is 6.42 Å². The highest BCUT2D eigenvalue weighted by Gasteiger charge is 1.90. The van der Waals surface area contributed by atoms with Crippen LogP contribution in [0.1, 0.15) is 17.5 Å². The molecule has 18 heavy (non-hydrogen) atoms. The van der Waals surface area contributed by atoms with Crippen LogP contribution in [0.3, 0.4) is 0 Å². The number of benzene rings is 2. The number of rotatable bonds is 6. The zero-order valence-corrected chi connectivity index (χ0v) is 10.4. The second-order valence-electron chi connectivity index (χ2n) is 4.17. The van der Waals surface area contributed by atoms with Crippen molar-refractivity contribution in [3.63, 3.8) is 0 Å². The standard InChI is InChI=1S/C16H18N2/c1-3-8-15(9-4-1)12-7-13-17-18-14-16-10-5-2-6-11-16/h1-6,8-11,14,17H,7,12-13H2. The van der Waals surface area contributed by atoms with Gasteiger partial charge in [-0.15, -0.1) is 0 Å². The molecule has 0 heterocycles. The molecule has 2 nitrogen and oxygen atoms in total. The molecule has 0 aliphatic heterocycles. The van der Waals surface area contributed by atoms with E-state index in [0.29, 0.717) is 0 Å². The zero-order valence-electron chi connectivity index (χ0n) is 10.4. The third-order valence-electron chi connectivity index (χ3n) is 2.70. The van der Waals surface area contributed by atoms with E-state index >= 15 is 0 Å². The van der Waals surface area contributed by atoms with E-state index < -0.39 is 0 Å². The molecule has 0 radical (unpaired) electrons. The fraction of sp³-hybridized carbons (Fsp3) is 0.188. The Morgan fingerprint density at radius 3 is 2.28 bits per heavy atom. The van der Waals surface area contributed by atoms with Gasteiger partial charge in [0.1, 0.15) is 0 Å². The van der Waals surface area contributed by atoms with Crippen molar-refractivity contribution in [2.45, 2.75) is 12.8 Å². The van der Waals surface area contributed by atoms with E-state index in [1.165, 1.54) is 5.56 Å². The molecule has 0 aliphatic rings. The van der Waals surface area contributed by atoms with Crippen molar-refractivity contribution in [1.82, 2.24) is 5.43 Å². The molecule has 0 amide bonds. The van der Waals surface area contributed by atoms with Gasteiger partial charge in [0.15, 0.2) is 0 Å². The lowest BCUT2D eigenvalue weighted by molar-refractivity contribution is 0.684. The summed E-state index contributed by atoms with van der Waals surface area (Å²) in [5.74, 6) is 0. The predicted octanol–water partition coefficient (Wildman–Crippen LogP) is 3.24. The van der Waals surface area contributed by atoms with Gasteiger partial charge in [0, 0.05) is 6.54 Å². The molecule has 2 aromatic rings. The van der Waals surface area contributed by atoms with Gasteiger partial charge in [0.2, 0.25) is 0 Å². The van der Waals surface area contributed by atoms with Gasteiger partial charge in [-0.25, -0.2) is 0 Å². The Morgan fingerprint density at radius 1 is 0.889 bits per heavy atom. The highest BCUT2D eigenvalue weighted by atomic mass is 15.3. The van der Waals surface area contributed by atoms with Crippen LogP contribution in [0.15, 0.2) is 65.8 Å². The number of hydrazone groups is 1. The van der Waals surface area contributed by atoms with E-state index in [-0.39, 0.29) is 0 Å². The lowest BCUT2D eigenvalue weighted by Crippen LogP contribution is -2.08. The highest BCUT2D eigenvalue weighted by Crippen LogP contribution is 2.01. The first-order chi connectivity index (χ1) is 8.95. The molecule has 2 aromatic carbocycles. The van der Waals surface area contributed by atoms with Crippen LogP contribution in [0.2, 0.25) is 0 Å². The Bertz CT molecular complexity index is 463. The molecule has 92 valence electrons. The summed E-state index contributed by atoms with van der Waals surface area (Å²) in [7, 11) is 0. The van der Waals surface area contributed by atoms with Crippen molar-refractivity contribution in [3.05, 3.63) is 71.8 Å². The topological polar surface area (TPSA) is 24.4 Å². The molecule has 0 saturated carbocycles. The molecule has 0 atom stereocenters. The summed E-state index contributed by atoms with van der Waals surface area (Å²) in [5, 5.41) is 4.20. The number of nitrogens with zero attached hydrogens (tertiary/aromatic N) is 1. The molecular weight excluding hydrogens is 220 g/mol. The maximum atomic E-state index is 4.20. The number of aryl methyl sites for hydroxylation is 1. The molecule has 0 saturated heterocycles. The van der Waals surface area contributed by atoms with E-state index in [2.05, 4.69) is 34.8 Å². The van der Waals surface area contributed by atoms with Gasteiger partial charge >= 0.3 is 0 Å². The van der Waals surface area contributed by atoms with Crippen LogP contribution in [0.5, 0.6) is 0 Å². The maximum Gasteiger partial charge on any atom is 0.0540 e. The van der Waals surface area contributed by atoms with Crippen molar-refractivity contribution in [2.24, 2.45) is 5.10 Å². The van der Waals surface area contributed by atoms with Gasteiger partial charge in [0.25, 0.3) is 0 Å². The summed E-state index contributed by atoms with van der Waals surface area (Å²) in [6, 6.07) is 20.6. The lowest BCUT2D eigenvalue weighted by Gasteiger charge is -2.01. The summed E-state index contributed by atoms with van der Waals surface area (Å²) >= 11 is 0. The quantitative estimate of drug-likeness (QED) is 0.466. The number of nitrogens with one attached hydrogen (secondary N) is 1. The van der Waals surface area contributed by atoms with Crippen molar-refractivity contribution in [3.8, 4) is 0 Å². The van der Waals surface area contributed by atoms with Crippen LogP contribution < -0.4 is 5.43 Å². The molecular formula is C16H18N2. The summed E-state index contributed by atoms with van der Waals surface area (Å²) in [6.45, 7) is 0.901. The van der Waals surface area contributed by atoms with Crippen molar-refractivity contribution in [2.75, 3.05) is 6.54 Å². The minimum absolute atomic E-state index is 0.901. The van der Waals surface area contributed by atoms with Gasteiger partial charge in [0.05, 0.1) is 6.21 Å². The molecule has 0 aliphatic carbocycles. The average molecular weight is 238 g/mol. The molecule has 0 bridgehead atoms. The Kier molecular flexibility index (Phi) is 5.00. The molecule has 0 spiro atoms. The van der Waals surface area contributed by atoms with Crippen LogP contribution in [0.4, 0.5) is 0 Å². The molecule has 2 rings (SSSR count). The molecule has 0 aromatic heterocycles. The van der Waals surface area contributed by atoms with E-state index in [9.17, 15) is 0 Å². The minimum Gasteiger partial charge on any atom is -0.310 e. The first-order valence-corrected chi connectivity index (χ1v) is 6.30. The van der Waals surface area contributed by atoms with Crippen molar-refractivity contribution >= 4 is 6.21 Å². The zero-order chi connectivity index (χ0) is 12.5. The van der Waals surface area contributed by atoms with Crippen LogP contribution >= 0.6 is 0 Å². The Labute approximate surface area is 108 Å². The predicted molar refractivity (Wildman–Crippen MR) is 76.8 cm³/mol. The van der Waals surface area contributed by atoms with Crippen LogP contribution in [0.25, 0.3) is 0 Å². The van der Waals surface area contributed by atoms with E-state index in [4.69, 9.17) is 0 Å². The summed E-state index contributed by atoms with van der Waals surface area (Å²) in [5.41, 5.74) is 5.57. The van der Waals surface area contributed by atoms with Gasteiger partial charge in [-0.3, -0.25) is 0 Å². The summed E-state index contributed by atoms with van der Waals surface area (Å²) in [4.78, 5) is 0. The van der Waals surface area contributed by atoms with Crippen LogP contribution in [-0.4, -0.2) is 12.8 Å². The summed E-state index contributed by atoms with van der Waals surface area (Å²) < 4.78 is 0. The molecule has 0 unspecified atom stereocenters. The normalized spacial score (nSPS) is 10.7. The van der Waals surface area contributed by atoms with Crippen molar-refractivity contribution < 1.29 is 0 Å². The second-order valence-corrected chi connectivity index (χ2v) is 4.17. The smallest absolute Gasteiger partial charge is 0.0540 e. The maximum absolute atomic E-state index is 4.20. The number of hydrogen-bond donors (Lipinski definition) is 1. The Balaban J connectivity index is 1.63. The van der Waals surface area contributed by atoms with Crippen molar-refractivity contribution in [1.29, 1.82) is 0 Å². The Hall–Kier alpha value is -2.09. The van der Waals surface area contributed by atoms with Gasteiger partial charge in [-0.1, -0.05) is 60.7 Å².